The Morgan fingerprint density at radius 2 is 2.32 bits per heavy atom. The molecule has 0 aromatic carbocycles. The van der Waals surface area contributed by atoms with Gasteiger partial charge in [-0.2, -0.15) is 0 Å². The largest absolute Gasteiger partial charge is 0.345 e. The third kappa shape index (κ3) is 5.26. The van der Waals surface area contributed by atoms with Crippen molar-refractivity contribution in [2.24, 2.45) is 0 Å². The van der Waals surface area contributed by atoms with E-state index in [2.05, 4.69) is 15.6 Å². The van der Waals surface area contributed by atoms with Gasteiger partial charge in [0.1, 0.15) is 5.01 Å². The molecule has 0 radical (unpaired) electrons. The number of carbonyl (C=O) groups is 1. The molecule has 110 valence electrons. The minimum absolute atomic E-state index is 0. The van der Waals surface area contributed by atoms with E-state index in [0.29, 0.717) is 12.5 Å². The smallest absolute Gasteiger partial charge is 0.222 e. The molecule has 1 fully saturated rings. The van der Waals surface area contributed by atoms with E-state index in [9.17, 15) is 4.79 Å². The maximum Gasteiger partial charge on any atom is 0.222 e. The number of hydrogen-bond donors (Lipinski definition) is 2. The molecule has 1 saturated heterocycles. The number of nitrogens with one attached hydrogen (secondary N) is 2. The SMILES string of the molecule is CC(C)(NC(=O)CC1CCCN1)c1nccs1.Cl.Cl. The molecular weight excluding hydrogens is 305 g/mol. The van der Waals surface area contributed by atoms with Gasteiger partial charge in [0, 0.05) is 24.0 Å². The molecule has 1 aromatic rings. The second-order valence-corrected chi connectivity index (χ2v) is 5.90. The second-order valence-electron chi connectivity index (χ2n) is 5.01. The lowest BCUT2D eigenvalue weighted by atomic mass is 10.1. The fourth-order valence-electron chi connectivity index (χ4n) is 2.14. The van der Waals surface area contributed by atoms with Crippen LogP contribution in [-0.4, -0.2) is 23.5 Å². The Hall–Kier alpha value is -0.360. The van der Waals surface area contributed by atoms with Crippen molar-refractivity contribution in [3.63, 3.8) is 0 Å². The van der Waals surface area contributed by atoms with Crippen molar-refractivity contribution in [2.75, 3.05) is 6.54 Å². The molecule has 1 aliphatic rings. The summed E-state index contributed by atoms with van der Waals surface area (Å²) in [5, 5.41) is 9.27. The zero-order chi connectivity index (χ0) is 12.3. The molecule has 7 heteroatoms. The average Bonchev–Trinajstić information content (AvgIpc) is 2.87. The van der Waals surface area contributed by atoms with Gasteiger partial charge in [-0.15, -0.1) is 36.2 Å². The molecule has 19 heavy (non-hydrogen) atoms. The van der Waals surface area contributed by atoms with Gasteiger partial charge in [0.2, 0.25) is 5.91 Å². The molecule has 0 bridgehead atoms. The Bertz CT molecular complexity index is 378. The van der Waals surface area contributed by atoms with E-state index >= 15 is 0 Å². The van der Waals surface area contributed by atoms with E-state index in [1.54, 1.807) is 17.5 Å². The van der Waals surface area contributed by atoms with E-state index in [0.717, 1.165) is 18.0 Å². The van der Waals surface area contributed by atoms with E-state index in [4.69, 9.17) is 0 Å². The van der Waals surface area contributed by atoms with Crippen LogP contribution in [0.5, 0.6) is 0 Å². The van der Waals surface area contributed by atoms with Crippen molar-refractivity contribution >= 4 is 42.1 Å². The lowest BCUT2D eigenvalue weighted by molar-refractivity contribution is -0.123. The molecule has 1 amide bonds. The molecule has 0 spiro atoms. The van der Waals surface area contributed by atoms with Crippen LogP contribution in [0.15, 0.2) is 11.6 Å². The molecule has 1 aromatic heterocycles. The quantitative estimate of drug-likeness (QED) is 0.894. The van der Waals surface area contributed by atoms with Crippen LogP contribution in [0, 0.1) is 0 Å². The van der Waals surface area contributed by atoms with Crippen molar-refractivity contribution in [3.8, 4) is 0 Å². The predicted molar refractivity (Wildman–Crippen MR) is 83.4 cm³/mol. The fraction of sp³-hybridized carbons (Fsp3) is 0.667. The van der Waals surface area contributed by atoms with Gasteiger partial charge in [0.15, 0.2) is 0 Å². The summed E-state index contributed by atoms with van der Waals surface area (Å²) >= 11 is 1.57. The Labute approximate surface area is 130 Å². The van der Waals surface area contributed by atoms with Crippen molar-refractivity contribution in [1.29, 1.82) is 0 Å². The van der Waals surface area contributed by atoms with Crippen LogP contribution < -0.4 is 10.6 Å². The third-order valence-corrected chi connectivity index (χ3v) is 4.11. The van der Waals surface area contributed by atoms with Crippen molar-refractivity contribution in [1.82, 2.24) is 15.6 Å². The molecule has 1 aliphatic heterocycles. The molecule has 1 atom stereocenters. The van der Waals surface area contributed by atoms with Gasteiger partial charge in [-0.3, -0.25) is 4.79 Å². The summed E-state index contributed by atoms with van der Waals surface area (Å²) in [7, 11) is 0. The highest BCUT2D eigenvalue weighted by atomic mass is 35.5. The van der Waals surface area contributed by atoms with Crippen LogP contribution in [-0.2, 0) is 10.3 Å². The van der Waals surface area contributed by atoms with Gasteiger partial charge in [0.25, 0.3) is 0 Å². The zero-order valence-electron chi connectivity index (χ0n) is 11.1. The number of nitrogens with zero attached hydrogens (tertiary/aromatic N) is 1. The van der Waals surface area contributed by atoms with E-state index in [-0.39, 0.29) is 36.3 Å². The summed E-state index contributed by atoms with van der Waals surface area (Å²) in [6, 6.07) is 0.349. The highest BCUT2D eigenvalue weighted by molar-refractivity contribution is 7.09. The molecule has 4 nitrogen and oxygen atoms in total. The zero-order valence-corrected chi connectivity index (χ0v) is 13.6. The number of amides is 1. The summed E-state index contributed by atoms with van der Waals surface area (Å²) < 4.78 is 0. The first-order valence-corrected chi connectivity index (χ1v) is 6.90. The number of thiazole rings is 1. The molecule has 1 unspecified atom stereocenters. The fourth-order valence-corrected chi connectivity index (χ4v) is 2.86. The van der Waals surface area contributed by atoms with Gasteiger partial charge >= 0.3 is 0 Å². The molecule has 2 N–H and O–H groups in total. The van der Waals surface area contributed by atoms with Gasteiger partial charge in [-0.1, -0.05) is 0 Å². The normalized spacial score (nSPS) is 18.3. The summed E-state index contributed by atoms with van der Waals surface area (Å²) in [5.74, 6) is 0.101. The third-order valence-electron chi connectivity index (χ3n) is 3.01. The number of carbonyl (C=O) groups excluding carboxylic acids is 1. The van der Waals surface area contributed by atoms with Crippen molar-refractivity contribution in [3.05, 3.63) is 16.6 Å². The molecule has 0 aliphatic carbocycles. The van der Waals surface area contributed by atoms with Crippen LogP contribution in [0.3, 0.4) is 0 Å². The topological polar surface area (TPSA) is 54.0 Å². The minimum Gasteiger partial charge on any atom is -0.345 e. The summed E-state index contributed by atoms with van der Waals surface area (Å²) in [6.45, 7) is 5.02. The highest BCUT2D eigenvalue weighted by Crippen LogP contribution is 2.22. The van der Waals surface area contributed by atoms with Crippen LogP contribution >= 0.6 is 36.2 Å². The molecule has 2 rings (SSSR count). The van der Waals surface area contributed by atoms with E-state index in [1.165, 1.54) is 6.42 Å². The lowest BCUT2D eigenvalue weighted by Crippen LogP contribution is -2.43. The Kier molecular flexibility index (Phi) is 7.89. The van der Waals surface area contributed by atoms with Gasteiger partial charge in [-0.25, -0.2) is 4.98 Å². The van der Waals surface area contributed by atoms with Gasteiger partial charge in [0.05, 0.1) is 5.54 Å². The van der Waals surface area contributed by atoms with Crippen LogP contribution in [0.4, 0.5) is 0 Å². The lowest BCUT2D eigenvalue weighted by Gasteiger charge is -2.24. The average molecular weight is 326 g/mol. The van der Waals surface area contributed by atoms with E-state index < -0.39 is 0 Å². The Morgan fingerprint density at radius 3 is 2.84 bits per heavy atom. The maximum absolute atomic E-state index is 11.9. The summed E-state index contributed by atoms with van der Waals surface area (Å²) in [5.41, 5.74) is -0.371. The Morgan fingerprint density at radius 1 is 1.58 bits per heavy atom. The number of hydrogen-bond acceptors (Lipinski definition) is 4. The molecular formula is C12H21Cl2N3OS. The summed E-state index contributed by atoms with van der Waals surface area (Å²) in [6.07, 6.45) is 4.61. The van der Waals surface area contributed by atoms with E-state index in [1.807, 2.05) is 19.2 Å². The number of aromatic nitrogens is 1. The van der Waals surface area contributed by atoms with Gasteiger partial charge in [-0.05, 0) is 33.2 Å². The highest BCUT2D eigenvalue weighted by Gasteiger charge is 2.27. The monoisotopic (exact) mass is 325 g/mol. The summed E-state index contributed by atoms with van der Waals surface area (Å²) in [4.78, 5) is 16.2. The van der Waals surface area contributed by atoms with Crippen LogP contribution in [0.25, 0.3) is 0 Å². The van der Waals surface area contributed by atoms with Crippen LogP contribution in [0.1, 0.15) is 38.1 Å². The first-order valence-electron chi connectivity index (χ1n) is 6.02. The van der Waals surface area contributed by atoms with Crippen LogP contribution in [0.2, 0.25) is 0 Å². The maximum atomic E-state index is 11.9. The number of halogens is 2. The first-order chi connectivity index (χ1) is 8.08. The number of rotatable bonds is 4. The standard InChI is InChI=1S/C12H19N3OS.2ClH/c1-12(2,11-14-6-7-17-11)15-10(16)8-9-4-3-5-13-9;;/h6-7,9,13H,3-5,8H2,1-2H3,(H,15,16);2*1H. The van der Waals surface area contributed by atoms with Crippen molar-refractivity contribution < 1.29 is 4.79 Å². The minimum atomic E-state index is -0.371. The Balaban J connectivity index is 0.00000162. The predicted octanol–water partition coefficient (Wildman–Crippen LogP) is 2.48. The second kappa shape index (κ2) is 8.04. The molecule has 0 saturated carbocycles. The molecule has 2 heterocycles. The first kappa shape index (κ1) is 18.6. The van der Waals surface area contributed by atoms with Gasteiger partial charge < -0.3 is 10.6 Å². The van der Waals surface area contributed by atoms with Crippen molar-refractivity contribution in [2.45, 2.75) is 44.7 Å².